The van der Waals surface area contributed by atoms with E-state index < -0.39 is 10.8 Å². The van der Waals surface area contributed by atoms with E-state index in [1.807, 2.05) is 0 Å². The summed E-state index contributed by atoms with van der Waals surface area (Å²) in [6, 6.07) is 5.96. The Morgan fingerprint density at radius 2 is 2.21 bits per heavy atom. The van der Waals surface area contributed by atoms with Gasteiger partial charge in [-0.15, -0.1) is 11.3 Å². The van der Waals surface area contributed by atoms with Crippen molar-refractivity contribution in [1.29, 1.82) is 5.26 Å². The van der Waals surface area contributed by atoms with Gasteiger partial charge < -0.3 is 5.32 Å². The van der Waals surface area contributed by atoms with Crippen LogP contribution in [0.15, 0.2) is 18.2 Å². The number of nitriles is 1. The number of nitrogens with zero attached hydrogens (tertiary/aromatic N) is 2. The van der Waals surface area contributed by atoms with Crippen LogP contribution in [0.2, 0.25) is 5.02 Å². The number of hydrogen-bond donors (Lipinski definition) is 1. The maximum atomic E-state index is 12.7. The minimum Gasteiger partial charge on any atom is -0.312 e. The number of nitrogens with one attached hydrogen (secondary N) is 1. The van der Waals surface area contributed by atoms with Crippen LogP contribution in [0, 0.1) is 32.8 Å². The fraction of sp³-hybridized carbons (Fsp3) is 0.429. The average Bonchev–Trinajstić information content (AvgIpc) is 3.03. The monoisotopic (exact) mass is 431 g/mol. The minimum absolute atomic E-state index is 0.0149. The largest absolute Gasteiger partial charge is 0.312 e. The number of halogens is 1. The zero-order chi connectivity index (χ0) is 21.3. The fourth-order valence-corrected chi connectivity index (χ4v) is 5.20. The van der Waals surface area contributed by atoms with Gasteiger partial charge in [-0.1, -0.05) is 38.8 Å². The molecule has 0 fully saturated rings. The Labute approximate surface area is 178 Å². The van der Waals surface area contributed by atoms with Crippen molar-refractivity contribution in [2.75, 3.05) is 5.32 Å². The zero-order valence-corrected chi connectivity index (χ0v) is 18.1. The minimum atomic E-state index is -0.576. The van der Waals surface area contributed by atoms with Crippen LogP contribution in [0.25, 0.3) is 0 Å². The van der Waals surface area contributed by atoms with Gasteiger partial charge in [0.05, 0.1) is 21.1 Å². The number of carbonyl (C=O) groups is 1. The van der Waals surface area contributed by atoms with Gasteiger partial charge >= 0.3 is 0 Å². The molecule has 0 spiro atoms. The predicted molar refractivity (Wildman–Crippen MR) is 115 cm³/mol. The third-order valence-corrected chi connectivity index (χ3v) is 7.53. The number of fused-ring (bicyclic) bond motifs is 1. The van der Waals surface area contributed by atoms with Gasteiger partial charge in [-0.25, -0.2) is 0 Å². The van der Waals surface area contributed by atoms with Gasteiger partial charge in [0.25, 0.3) is 11.6 Å². The lowest BCUT2D eigenvalue weighted by atomic mass is 9.69. The Hall–Kier alpha value is -2.43. The van der Waals surface area contributed by atoms with E-state index in [4.69, 9.17) is 11.6 Å². The molecule has 8 heteroatoms. The van der Waals surface area contributed by atoms with Crippen molar-refractivity contribution < 1.29 is 9.72 Å². The molecule has 0 radical (unpaired) electrons. The van der Waals surface area contributed by atoms with Crippen LogP contribution in [0.3, 0.4) is 0 Å². The third-order valence-electron chi connectivity index (χ3n) is 6.03. The van der Waals surface area contributed by atoms with Crippen LogP contribution >= 0.6 is 22.9 Å². The van der Waals surface area contributed by atoms with E-state index in [1.54, 1.807) is 0 Å². The van der Waals surface area contributed by atoms with Crippen molar-refractivity contribution in [2.24, 2.45) is 11.3 Å². The molecule has 0 saturated heterocycles. The lowest BCUT2D eigenvalue weighted by Gasteiger charge is -2.36. The normalized spacial score (nSPS) is 16.0. The van der Waals surface area contributed by atoms with Crippen molar-refractivity contribution in [3.8, 4) is 6.07 Å². The molecule has 2 aromatic rings. The summed E-state index contributed by atoms with van der Waals surface area (Å²) >= 11 is 7.50. The second kappa shape index (κ2) is 8.13. The number of amides is 1. The van der Waals surface area contributed by atoms with Crippen LogP contribution in [0.5, 0.6) is 0 Å². The molecular weight excluding hydrogens is 410 g/mol. The lowest BCUT2D eigenvalue weighted by Crippen LogP contribution is -2.28. The maximum Gasteiger partial charge on any atom is 0.270 e. The molecule has 3 rings (SSSR count). The first kappa shape index (κ1) is 21.3. The fourth-order valence-electron chi connectivity index (χ4n) is 3.72. The number of rotatable bonds is 5. The van der Waals surface area contributed by atoms with E-state index in [0.717, 1.165) is 42.2 Å². The molecule has 1 unspecified atom stereocenters. The van der Waals surface area contributed by atoms with E-state index in [2.05, 4.69) is 32.2 Å². The number of anilines is 1. The van der Waals surface area contributed by atoms with Gasteiger partial charge in [0.2, 0.25) is 0 Å². The Morgan fingerprint density at radius 1 is 1.48 bits per heavy atom. The molecule has 152 valence electrons. The summed E-state index contributed by atoms with van der Waals surface area (Å²) in [7, 11) is 0. The molecule has 1 aliphatic carbocycles. The standard InChI is InChI=1S/C21H22ClN3O3S/c1-4-21(2,3)12-5-7-14-16(11-23)20(29-18(14)9-12)24-19(26)15-10-13(25(27)28)6-8-17(15)22/h6,8,10,12H,4-5,7,9H2,1-3H3,(H,24,26). The summed E-state index contributed by atoms with van der Waals surface area (Å²) in [5.74, 6) is -0.0285. The van der Waals surface area contributed by atoms with Crippen LogP contribution in [0.1, 0.15) is 60.0 Å². The average molecular weight is 432 g/mol. The molecule has 0 bridgehead atoms. The van der Waals surface area contributed by atoms with Gasteiger partial charge in [-0.3, -0.25) is 14.9 Å². The van der Waals surface area contributed by atoms with Crippen LogP contribution < -0.4 is 5.32 Å². The second-order valence-corrected chi connectivity index (χ2v) is 9.49. The number of hydrogen-bond acceptors (Lipinski definition) is 5. The Morgan fingerprint density at radius 3 is 2.83 bits per heavy atom. The van der Waals surface area contributed by atoms with Crippen LogP contribution in [-0.4, -0.2) is 10.8 Å². The van der Waals surface area contributed by atoms with E-state index in [-0.39, 0.29) is 21.7 Å². The van der Waals surface area contributed by atoms with E-state index in [9.17, 15) is 20.2 Å². The van der Waals surface area contributed by atoms with Gasteiger partial charge in [-0.05, 0) is 42.2 Å². The number of thiophene rings is 1. The summed E-state index contributed by atoms with van der Waals surface area (Å²) in [4.78, 5) is 24.3. The second-order valence-electron chi connectivity index (χ2n) is 7.98. The first-order valence-corrected chi connectivity index (χ1v) is 10.7. The molecule has 1 aromatic carbocycles. The zero-order valence-electron chi connectivity index (χ0n) is 16.5. The molecule has 1 aromatic heterocycles. The summed E-state index contributed by atoms with van der Waals surface area (Å²) in [6.07, 6.45) is 3.81. The van der Waals surface area contributed by atoms with Crippen molar-refractivity contribution in [3.05, 3.63) is 54.9 Å². The highest BCUT2D eigenvalue weighted by Gasteiger charge is 2.34. The molecule has 0 aliphatic heterocycles. The van der Waals surface area contributed by atoms with Crippen LogP contribution in [-0.2, 0) is 12.8 Å². The van der Waals surface area contributed by atoms with E-state index in [0.29, 0.717) is 16.5 Å². The first-order valence-electron chi connectivity index (χ1n) is 9.47. The van der Waals surface area contributed by atoms with E-state index in [1.165, 1.54) is 23.5 Å². The Bertz CT molecular complexity index is 1020. The van der Waals surface area contributed by atoms with Gasteiger partial charge in [0, 0.05) is 17.0 Å². The molecule has 29 heavy (non-hydrogen) atoms. The van der Waals surface area contributed by atoms with Gasteiger partial charge in [-0.2, -0.15) is 5.26 Å². The molecule has 1 heterocycles. The molecule has 6 nitrogen and oxygen atoms in total. The molecule has 1 N–H and O–H groups in total. The lowest BCUT2D eigenvalue weighted by molar-refractivity contribution is -0.384. The third kappa shape index (κ3) is 4.14. The Kier molecular flexibility index (Phi) is 5.97. The molecule has 0 saturated carbocycles. The molecule has 1 atom stereocenters. The van der Waals surface area contributed by atoms with Gasteiger partial charge in [0.15, 0.2) is 0 Å². The number of benzene rings is 1. The van der Waals surface area contributed by atoms with Crippen molar-refractivity contribution in [1.82, 2.24) is 0 Å². The molecule has 1 aliphatic rings. The SMILES string of the molecule is CCC(C)(C)C1CCc2c(sc(NC(=O)c3cc([N+](=O)[O-])ccc3Cl)c2C#N)C1. The number of nitro benzene ring substituents is 1. The van der Waals surface area contributed by atoms with Crippen molar-refractivity contribution in [3.63, 3.8) is 0 Å². The highest BCUT2D eigenvalue weighted by molar-refractivity contribution is 7.16. The first-order chi connectivity index (χ1) is 13.7. The molecule has 1 amide bonds. The highest BCUT2D eigenvalue weighted by atomic mass is 35.5. The Balaban J connectivity index is 1.90. The number of nitro groups is 1. The quantitative estimate of drug-likeness (QED) is 0.465. The van der Waals surface area contributed by atoms with Crippen molar-refractivity contribution >= 4 is 39.5 Å². The van der Waals surface area contributed by atoms with Crippen LogP contribution in [0.4, 0.5) is 10.7 Å². The summed E-state index contributed by atoms with van der Waals surface area (Å²) < 4.78 is 0. The maximum absolute atomic E-state index is 12.7. The number of non-ortho nitro benzene ring substituents is 1. The predicted octanol–water partition coefficient (Wildman–Crippen LogP) is 5.97. The van der Waals surface area contributed by atoms with Crippen molar-refractivity contribution in [2.45, 2.75) is 46.5 Å². The molecular formula is C21H22ClN3O3S. The summed E-state index contributed by atoms with van der Waals surface area (Å²) in [6.45, 7) is 6.74. The summed E-state index contributed by atoms with van der Waals surface area (Å²) in [5, 5.41) is 24.1. The topological polar surface area (TPSA) is 96.0 Å². The van der Waals surface area contributed by atoms with Gasteiger partial charge in [0.1, 0.15) is 11.1 Å². The highest BCUT2D eigenvalue weighted by Crippen LogP contribution is 2.45. The summed E-state index contributed by atoms with van der Waals surface area (Å²) in [5.41, 5.74) is 1.53. The smallest absolute Gasteiger partial charge is 0.270 e. The van der Waals surface area contributed by atoms with E-state index >= 15 is 0 Å². The number of carbonyl (C=O) groups excluding carboxylic acids is 1.